The molecule has 1 saturated carbocycles. The summed E-state index contributed by atoms with van der Waals surface area (Å²) in [6.45, 7) is 9.37. The van der Waals surface area contributed by atoms with Crippen molar-refractivity contribution in [2.24, 2.45) is 5.92 Å². The minimum atomic E-state index is 0.127. The number of hydrogen-bond donors (Lipinski definition) is 1. The minimum Gasteiger partial charge on any atom is -0.381 e. The largest absolute Gasteiger partial charge is 0.381 e. The van der Waals surface area contributed by atoms with E-state index in [0.29, 0.717) is 0 Å². The van der Waals surface area contributed by atoms with Gasteiger partial charge >= 0.3 is 0 Å². The van der Waals surface area contributed by atoms with Gasteiger partial charge in [-0.1, -0.05) is 20.8 Å². The Morgan fingerprint density at radius 3 is 2.78 bits per heavy atom. The smallest absolute Gasteiger partial charge is 0.177 e. The van der Waals surface area contributed by atoms with Crippen molar-refractivity contribution < 1.29 is 4.74 Å². The molecule has 0 radical (unpaired) electrons. The molecule has 18 heavy (non-hydrogen) atoms. The maximum atomic E-state index is 5.66. The molecular formula is C14H24N2OS. The number of nitrogens with zero attached hydrogens (tertiary/aromatic N) is 1. The standard InChI is InChI=1S/C14H24N2OS/c1-14(2,3)12-9-15-13(18)16(12)7-4-8-17-10-11-5-6-11/h9,11H,4-8,10H2,1-3H3,(H,15,18). The fourth-order valence-electron chi connectivity index (χ4n) is 2.10. The first kappa shape index (κ1) is 13.8. The molecule has 3 nitrogen and oxygen atoms in total. The SMILES string of the molecule is CC(C)(C)c1c[nH]c(=S)n1CCCOCC1CC1. The third kappa shape index (κ3) is 3.69. The normalized spacial score (nSPS) is 16.2. The van der Waals surface area contributed by atoms with Crippen molar-refractivity contribution in [1.29, 1.82) is 0 Å². The quantitative estimate of drug-likeness (QED) is 0.630. The molecule has 1 fully saturated rings. The van der Waals surface area contributed by atoms with E-state index in [1.807, 2.05) is 6.20 Å². The van der Waals surface area contributed by atoms with Crippen LogP contribution < -0.4 is 0 Å². The van der Waals surface area contributed by atoms with E-state index in [9.17, 15) is 0 Å². The van der Waals surface area contributed by atoms with Crippen LogP contribution in [0, 0.1) is 10.7 Å². The van der Waals surface area contributed by atoms with E-state index in [0.717, 1.165) is 36.9 Å². The third-order valence-electron chi connectivity index (χ3n) is 3.36. The molecule has 0 aliphatic heterocycles. The van der Waals surface area contributed by atoms with Crippen molar-refractivity contribution in [1.82, 2.24) is 9.55 Å². The molecule has 102 valence electrons. The average Bonchev–Trinajstić information content (AvgIpc) is 3.01. The average molecular weight is 268 g/mol. The highest BCUT2D eigenvalue weighted by atomic mass is 32.1. The number of nitrogens with one attached hydrogen (secondary N) is 1. The number of aromatic amines is 1. The first-order valence-electron chi connectivity index (χ1n) is 6.85. The predicted molar refractivity (Wildman–Crippen MR) is 76.5 cm³/mol. The number of aromatic nitrogens is 2. The molecule has 0 bridgehead atoms. The van der Waals surface area contributed by atoms with Crippen molar-refractivity contribution in [2.75, 3.05) is 13.2 Å². The molecule has 0 atom stereocenters. The monoisotopic (exact) mass is 268 g/mol. The summed E-state index contributed by atoms with van der Waals surface area (Å²) < 4.78 is 8.69. The molecule has 1 aliphatic rings. The van der Waals surface area contributed by atoms with Gasteiger partial charge in [-0.25, -0.2) is 0 Å². The molecule has 0 unspecified atom stereocenters. The second kappa shape index (κ2) is 5.57. The summed E-state index contributed by atoms with van der Waals surface area (Å²) in [6, 6.07) is 0. The fourth-order valence-corrected chi connectivity index (χ4v) is 2.35. The summed E-state index contributed by atoms with van der Waals surface area (Å²) in [5.74, 6) is 0.851. The zero-order chi connectivity index (χ0) is 13.2. The molecule has 2 rings (SSSR count). The Morgan fingerprint density at radius 1 is 1.44 bits per heavy atom. The first-order valence-corrected chi connectivity index (χ1v) is 7.26. The van der Waals surface area contributed by atoms with E-state index in [4.69, 9.17) is 17.0 Å². The zero-order valence-corrected chi connectivity index (χ0v) is 12.5. The highest BCUT2D eigenvalue weighted by Crippen LogP contribution is 2.28. The van der Waals surface area contributed by atoms with Crippen molar-refractivity contribution in [3.63, 3.8) is 0 Å². The van der Waals surface area contributed by atoms with E-state index in [1.165, 1.54) is 18.5 Å². The topological polar surface area (TPSA) is 29.9 Å². The molecule has 0 amide bonds. The van der Waals surface area contributed by atoms with Gasteiger partial charge < -0.3 is 14.3 Å². The van der Waals surface area contributed by atoms with Gasteiger partial charge in [0.05, 0.1) is 0 Å². The lowest BCUT2D eigenvalue weighted by Gasteiger charge is -2.20. The van der Waals surface area contributed by atoms with Gasteiger partial charge in [0.2, 0.25) is 0 Å². The molecule has 1 aliphatic carbocycles. The Bertz CT molecular complexity index is 437. The van der Waals surface area contributed by atoms with Crippen LogP contribution in [0.2, 0.25) is 0 Å². The van der Waals surface area contributed by atoms with Crippen LogP contribution >= 0.6 is 12.2 Å². The Hall–Kier alpha value is -0.610. The van der Waals surface area contributed by atoms with Crippen LogP contribution in [0.3, 0.4) is 0 Å². The van der Waals surface area contributed by atoms with Gasteiger partial charge in [0, 0.05) is 37.1 Å². The zero-order valence-electron chi connectivity index (χ0n) is 11.7. The molecule has 0 spiro atoms. The summed E-state index contributed by atoms with van der Waals surface area (Å²) in [7, 11) is 0. The van der Waals surface area contributed by atoms with Crippen LogP contribution in [0.25, 0.3) is 0 Å². The van der Waals surface area contributed by atoms with Crippen LogP contribution in [-0.4, -0.2) is 22.8 Å². The highest BCUT2D eigenvalue weighted by molar-refractivity contribution is 7.71. The van der Waals surface area contributed by atoms with E-state index in [2.05, 4.69) is 30.3 Å². The summed E-state index contributed by atoms with van der Waals surface area (Å²) in [4.78, 5) is 3.15. The van der Waals surface area contributed by atoms with Gasteiger partial charge in [0.15, 0.2) is 4.77 Å². The molecule has 4 heteroatoms. The number of rotatable bonds is 6. The van der Waals surface area contributed by atoms with Gasteiger partial charge in [-0.2, -0.15) is 0 Å². The second-order valence-electron chi connectivity index (χ2n) is 6.25. The van der Waals surface area contributed by atoms with E-state index in [-0.39, 0.29) is 5.41 Å². The van der Waals surface area contributed by atoms with E-state index < -0.39 is 0 Å². The molecule has 1 N–H and O–H groups in total. The van der Waals surface area contributed by atoms with Crippen molar-refractivity contribution in [3.8, 4) is 0 Å². The fraction of sp³-hybridized carbons (Fsp3) is 0.786. The van der Waals surface area contributed by atoms with E-state index >= 15 is 0 Å². The number of imidazole rings is 1. The number of H-pyrrole nitrogens is 1. The summed E-state index contributed by atoms with van der Waals surface area (Å²) >= 11 is 5.34. The van der Waals surface area contributed by atoms with Gasteiger partial charge in [-0.15, -0.1) is 0 Å². The van der Waals surface area contributed by atoms with Gasteiger partial charge in [-0.05, 0) is 37.4 Å². The van der Waals surface area contributed by atoms with Crippen LogP contribution in [-0.2, 0) is 16.7 Å². The summed E-state index contributed by atoms with van der Waals surface area (Å²) in [5.41, 5.74) is 1.40. The van der Waals surface area contributed by atoms with Crippen LogP contribution in [0.4, 0.5) is 0 Å². The molecule has 0 aromatic carbocycles. The highest BCUT2D eigenvalue weighted by Gasteiger charge is 2.21. The van der Waals surface area contributed by atoms with Gasteiger partial charge in [-0.3, -0.25) is 0 Å². The maximum Gasteiger partial charge on any atom is 0.177 e. The van der Waals surface area contributed by atoms with Crippen LogP contribution in [0.1, 0.15) is 45.7 Å². The Kier molecular flexibility index (Phi) is 4.28. The Labute approximate surface area is 115 Å². The Morgan fingerprint density at radius 2 is 2.17 bits per heavy atom. The van der Waals surface area contributed by atoms with Crippen LogP contribution in [0.15, 0.2) is 6.20 Å². The van der Waals surface area contributed by atoms with Gasteiger partial charge in [0.25, 0.3) is 0 Å². The van der Waals surface area contributed by atoms with Crippen molar-refractivity contribution in [2.45, 2.75) is 52.0 Å². The molecule has 0 saturated heterocycles. The molecule has 1 heterocycles. The van der Waals surface area contributed by atoms with Crippen LogP contribution in [0.5, 0.6) is 0 Å². The molecular weight excluding hydrogens is 244 g/mol. The molecule has 1 aromatic heterocycles. The Balaban J connectivity index is 1.83. The maximum absolute atomic E-state index is 5.66. The lowest BCUT2D eigenvalue weighted by molar-refractivity contribution is 0.119. The lowest BCUT2D eigenvalue weighted by Crippen LogP contribution is -2.18. The lowest BCUT2D eigenvalue weighted by atomic mass is 9.92. The summed E-state index contributed by atoms with van der Waals surface area (Å²) in [5, 5.41) is 0. The van der Waals surface area contributed by atoms with Crippen molar-refractivity contribution >= 4 is 12.2 Å². The van der Waals surface area contributed by atoms with Crippen molar-refractivity contribution in [3.05, 3.63) is 16.7 Å². The van der Waals surface area contributed by atoms with Gasteiger partial charge in [0.1, 0.15) is 0 Å². The number of ether oxygens (including phenoxy) is 1. The number of hydrogen-bond acceptors (Lipinski definition) is 2. The minimum absolute atomic E-state index is 0.127. The second-order valence-corrected chi connectivity index (χ2v) is 6.64. The summed E-state index contributed by atoms with van der Waals surface area (Å²) in [6.07, 6.45) is 5.78. The third-order valence-corrected chi connectivity index (χ3v) is 3.70. The first-order chi connectivity index (χ1) is 8.48. The predicted octanol–water partition coefficient (Wildman–Crippen LogP) is 3.66. The van der Waals surface area contributed by atoms with E-state index in [1.54, 1.807) is 0 Å². The molecule has 1 aromatic rings.